The number of furan rings is 1. The number of hydrogen-bond donors (Lipinski definition) is 1. The minimum Gasteiger partial charge on any atom is -0.455 e. The van der Waals surface area contributed by atoms with Crippen LogP contribution in [-0.2, 0) is 15.7 Å². The van der Waals surface area contributed by atoms with Crippen molar-refractivity contribution < 1.29 is 22.5 Å². The lowest BCUT2D eigenvalue weighted by atomic mass is 10.0. The van der Waals surface area contributed by atoms with Gasteiger partial charge in [-0.05, 0) is 43.7 Å². The van der Waals surface area contributed by atoms with E-state index in [-0.39, 0.29) is 23.9 Å². The lowest BCUT2D eigenvalue weighted by Gasteiger charge is -2.24. The monoisotopic (exact) mass is 458 g/mol. The van der Waals surface area contributed by atoms with E-state index < -0.39 is 11.0 Å². The number of rotatable bonds is 5. The van der Waals surface area contributed by atoms with E-state index in [1.807, 2.05) is 23.4 Å². The summed E-state index contributed by atoms with van der Waals surface area (Å²) in [6.45, 7) is 4.57. The summed E-state index contributed by atoms with van der Waals surface area (Å²) in [6, 6.07) is 9.55. The zero-order valence-corrected chi connectivity index (χ0v) is 19.4. The number of nitrogens with zero attached hydrogens (tertiary/aromatic N) is 1. The molecule has 6 nitrogen and oxygen atoms in total. The molecule has 1 amide bonds. The Morgan fingerprint density at radius 3 is 2.62 bits per heavy atom. The maximum atomic E-state index is 13.5. The summed E-state index contributed by atoms with van der Waals surface area (Å²) < 4.78 is 40.4. The molecule has 0 fully saturated rings. The van der Waals surface area contributed by atoms with Gasteiger partial charge in [0, 0.05) is 35.9 Å². The molecule has 8 heteroatoms. The Hall–Kier alpha value is -2.71. The fourth-order valence-corrected chi connectivity index (χ4v) is 5.07. The Morgan fingerprint density at radius 1 is 1.28 bits per heavy atom. The number of hydrogen-bond acceptors (Lipinski definition) is 4. The first-order chi connectivity index (χ1) is 15.3. The smallest absolute Gasteiger partial charge is 0.255 e. The third kappa shape index (κ3) is 4.04. The first kappa shape index (κ1) is 22.5. The number of carbonyl (C=O) groups is 1. The van der Waals surface area contributed by atoms with E-state index >= 15 is 0 Å². The molecule has 0 spiro atoms. The average Bonchev–Trinajstić information content (AvgIpc) is 3.08. The van der Waals surface area contributed by atoms with Gasteiger partial charge in [0.15, 0.2) is 0 Å². The van der Waals surface area contributed by atoms with Crippen LogP contribution in [0.3, 0.4) is 0 Å². The Kier molecular flexibility index (Phi) is 6.35. The normalized spacial score (nSPS) is 19.5. The summed E-state index contributed by atoms with van der Waals surface area (Å²) in [7, 11) is 0.294. The van der Waals surface area contributed by atoms with Gasteiger partial charge in [-0.3, -0.25) is 9.10 Å². The van der Waals surface area contributed by atoms with Crippen molar-refractivity contribution >= 4 is 33.5 Å². The molecule has 1 N–H and O–H groups in total. The second-order valence-corrected chi connectivity index (χ2v) is 9.26. The number of ether oxygens (including phenoxy) is 1. The third-order valence-corrected chi connectivity index (χ3v) is 6.76. The molecule has 2 heterocycles. The first-order valence-electron chi connectivity index (χ1n) is 10.7. The summed E-state index contributed by atoms with van der Waals surface area (Å²) in [5.41, 5.74) is 3.09. The van der Waals surface area contributed by atoms with E-state index in [9.17, 15) is 13.4 Å². The Labute approximate surface area is 189 Å². The van der Waals surface area contributed by atoms with Gasteiger partial charge in [0.2, 0.25) is 0 Å². The minimum absolute atomic E-state index is 0.0502. The average molecular weight is 459 g/mol. The van der Waals surface area contributed by atoms with E-state index in [0.717, 1.165) is 24.1 Å². The highest BCUT2D eigenvalue weighted by atomic mass is 32.2. The van der Waals surface area contributed by atoms with Gasteiger partial charge in [-0.15, -0.1) is 0 Å². The van der Waals surface area contributed by atoms with Crippen LogP contribution in [-0.4, -0.2) is 36.1 Å². The summed E-state index contributed by atoms with van der Waals surface area (Å²) in [4.78, 5) is 12.8. The number of nitrogens with one attached hydrogen (secondary N) is 1. The summed E-state index contributed by atoms with van der Waals surface area (Å²) in [5.74, 6) is -0.308. The predicted octanol–water partition coefficient (Wildman–Crippen LogP) is 4.96. The zero-order valence-electron chi connectivity index (χ0n) is 18.6. The molecule has 0 bridgehead atoms. The van der Waals surface area contributed by atoms with Gasteiger partial charge < -0.3 is 14.5 Å². The highest BCUT2D eigenvalue weighted by molar-refractivity contribution is 7.85. The quantitative estimate of drug-likeness (QED) is 0.587. The standard InChI is InChI=1S/C24H27FN2O4S/c1-5-6-17-13-27(32(4)29)20-12-21-19(11-18(20)14(2)30-17)22(24(28)26-3)23(31-21)15-7-9-16(25)10-8-15/h7-12,14,17H,5-6,13H2,1-4H3,(H,26,28). The topological polar surface area (TPSA) is 71.8 Å². The van der Waals surface area contributed by atoms with Crippen LogP contribution in [0.25, 0.3) is 22.3 Å². The molecule has 4 rings (SSSR count). The molecule has 3 aromatic rings. The molecular weight excluding hydrogens is 431 g/mol. The van der Waals surface area contributed by atoms with Crippen molar-refractivity contribution in [3.63, 3.8) is 0 Å². The molecule has 1 aliphatic heterocycles. The molecule has 3 unspecified atom stereocenters. The summed E-state index contributed by atoms with van der Waals surface area (Å²) in [6.07, 6.45) is 3.17. The van der Waals surface area contributed by atoms with Crippen LogP contribution in [0, 0.1) is 5.82 Å². The van der Waals surface area contributed by atoms with Gasteiger partial charge in [-0.2, -0.15) is 0 Å². The Balaban J connectivity index is 1.95. The second-order valence-electron chi connectivity index (χ2n) is 7.97. The van der Waals surface area contributed by atoms with Crippen molar-refractivity contribution in [3.05, 3.63) is 53.3 Å². The second kappa shape index (κ2) is 9.03. The van der Waals surface area contributed by atoms with Crippen LogP contribution in [0.5, 0.6) is 0 Å². The highest BCUT2D eigenvalue weighted by Gasteiger charge is 2.31. The molecular formula is C24H27FN2O4S. The molecule has 0 saturated heterocycles. The lowest BCUT2D eigenvalue weighted by molar-refractivity contribution is 0.00206. The van der Waals surface area contributed by atoms with Gasteiger partial charge in [0.05, 0.1) is 30.0 Å². The number of fused-ring (bicyclic) bond motifs is 2. The van der Waals surface area contributed by atoms with Crippen molar-refractivity contribution in [2.24, 2.45) is 0 Å². The van der Waals surface area contributed by atoms with E-state index in [4.69, 9.17) is 9.15 Å². The van der Waals surface area contributed by atoms with Crippen molar-refractivity contribution in [1.29, 1.82) is 0 Å². The summed E-state index contributed by atoms with van der Waals surface area (Å²) >= 11 is 0. The van der Waals surface area contributed by atoms with Gasteiger partial charge in [-0.1, -0.05) is 13.3 Å². The predicted molar refractivity (Wildman–Crippen MR) is 125 cm³/mol. The maximum Gasteiger partial charge on any atom is 0.255 e. The molecule has 0 aliphatic carbocycles. The minimum atomic E-state index is -1.26. The number of halogens is 1. The molecule has 170 valence electrons. The molecule has 3 atom stereocenters. The van der Waals surface area contributed by atoms with Crippen molar-refractivity contribution in [3.8, 4) is 11.3 Å². The molecule has 1 aliphatic rings. The van der Waals surface area contributed by atoms with Crippen LogP contribution >= 0.6 is 0 Å². The van der Waals surface area contributed by atoms with Gasteiger partial charge in [0.25, 0.3) is 5.91 Å². The van der Waals surface area contributed by atoms with Gasteiger partial charge >= 0.3 is 0 Å². The molecule has 0 radical (unpaired) electrons. The fourth-order valence-electron chi connectivity index (χ4n) is 4.26. The number of benzene rings is 2. The van der Waals surface area contributed by atoms with Crippen LogP contribution in [0.1, 0.15) is 48.7 Å². The summed E-state index contributed by atoms with van der Waals surface area (Å²) in [5, 5.41) is 3.31. The molecule has 1 aromatic heterocycles. The van der Waals surface area contributed by atoms with E-state index in [0.29, 0.717) is 34.4 Å². The van der Waals surface area contributed by atoms with Crippen LogP contribution in [0.4, 0.5) is 10.1 Å². The van der Waals surface area contributed by atoms with Crippen LogP contribution < -0.4 is 9.62 Å². The molecule has 2 aromatic carbocycles. The maximum absolute atomic E-state index is 13.5. The van der Waals surface area contributed by atoms with Crippen LogP contribution in [0.2, 0.25) is 0 Å². The Morgan fingerprint density at radius 2 is 2.00 bits per heavy atom. The Bertz CT molecular complexity index is 1170. The van der Waals surface area contributed by atoms with Crippen LogP contribution in [0.15, 0.2) is 40.8 Å². The number of amides is 1. The van der Waals surface area contributed by atoms with Crippen molar-refractivity contribution in [1.82, 2.24) is 5.32 Å². The van der Waals surface area contributed by atoms with Gasteiger partial charge in [0.1, 0.15) is 28.1 Å². The van der Waals surface area contributed by atoms with Gasteiger partial charge in [-0.25, -0.2) is 8.60 Å². The van der Waals surface area contributed by atoms with Crippen molar-refractivity contribution in [2.75, 3.05) is 24.2 Å². The lowest BCUT2D eigenvalue weighted by Crippen LogP contribution is -2.33. The number of anilines is 1. The SMILES string of the molecule is CCCC1CN(S(C)=O)c2cc3oc(-c4ccc(F)cc4)c(C(=O)NC)c3cc2C(C)O1. The highest BCUT2D eigenvalue weighted by Crippen LogP contribution is 2.42. The van der Waals surface area contributed by atoms with E-state index in [1.54, 1.807) is 25.4 Å². The number of carbonyl (C=O) groups excluding carboxylic acids is 1. The van der Waals surface area contributed by atoms with Crippen molar-refractivity contribution in [2.45, 2.75) is 38.9 Å². The van der Waals surface area contributed by atoms with E-state index in [1.165, 1.54) is 12.1 Å². The molecule has 0 saturated carbocycles. The molecule has 32 heavy (non-hydrogen) atoms. The van der Waals surface area contributed by atoms with E-state index in [2.05, 4.69) is 12.2 Å². The zero-order chi connectivity index (χ0) is 23.0. The fraction of sp³-hybridized carbons (Fsp3) is 0.375. The first-order valence-corrected chi connectivity index (χ1v) is 12.2. The third-order valence-electron chi connectivity index (χ3n) is 5.79. The largest absolute Gasteiger partial charge is 0.455 e.